The van der Waals surface area contributed by atoms with Gasteiger partial charge in [-0.15, -0.1) is 0 Å². The highest BCUT2D eigenvalue weighted by molar-refractivity contribution is 7.88. The average Bonchev–Trinajstić information content (AvgIpc) is 2.75. The SMILES string of the molecule is C=C(F)C(=O)N1C[C@H](C)N(S(C)(=O)=O)[C@H](c2cc(Cl)nc(-c3cc(C(=O)NC)cc(C)n3)c2)C1. The molecule has 0 aliphatic carbocycles. The summed E-state index contributed by atoms with van der Waals surface area (Å²) in [4.78, 5) is 34.4. The van der Waals surface area contributed by atoms with Crippen molar-refractivity contribution in [1.29, 1.82) is 0 Å². The summed E-state index contributed by atoms with van der Waals surface area (Å²) in [6, 6.07) is 4.78. The number of pyridine rings is 2. The van der Waals surface area contributed by atoms with Crippen LogP contribution in [-0.2, 0) is 14.8 Å². The van der Waals surface area contributed by atoms with Gasteiger partial charge in [0.05, 0.1) is 23.7 Å². The molecule has 1 aliphatic rings. The highest BCUT2D eigenvalue weighted by atomic mass is 35.5. The van der Waals surface area contributed by atoms with Crippen molar-refractivity contribution >= 4 is 33.4 Å². The first-order valence-corrected chi connectivity index (χ1v) is 12.5. The number of hydrogen-bond donors (Lipinski definition) is 1. The molecule has 3 rings (SSSR count). The summed E-state index contributed by atoms with van der Waals surface area (Å²) in [7, 11) is -2.20. The molecule has 0 saturated carbocycles. The van der Waals surface area contributed by atoms with Gasteiger partial charge in [-0.25, -0.2) is 17.8 Å². The number of aryl methyl sites for hydroxylation is 1. The summed E-state index contributed by atoms with van der Waals surface area (Å²) in [6.07, 6.45) is 1.07. The van der Waals surface area contributed by atoms with Crippen molar-refractivity contribution in [3.63, 3.8) is 0 Å². The second-order valence-corrected chi connectivity index (χ2v) is 10.4. The van der Waals surface area contributed by atoms with Crippen LogP contribution in [0.1, 0.15) is 34.6 Å². The molecule has 0 bridgehead atoms. The smallest absolute Gasteiger partial charge is 0.282 e. The summed E-state index contributed by atoms with van der Waals surface area (Å²) in [5, 5.41) is 2.62. The van der Waals surface area contributed by atoms with E-state index in [1.165, 1.54) is 22.3 Å². The second kappa shape index (κ2) is 9.77. The van der Waals surface area contributed by atoms with Gasteiger partial charge in [-0.2, -0.15) is 4.31 Å². The largest absolute Gasteiger partial charge is 0.355 e. The molecule has 3 heterocycles. The van der Waals surface area contributed by atoms with E-state index in [-0.39, 0.29) is 24.1 Å². The quantitative estimate of drug-likeness (QED) is 0.489. The van der Waals surface area contributed by atoms with E-state index in [1.54, 1.807) is 32.0 Å². The van der Waals surface area contributed by atoms with Crippen molar-refractivity contribution < 1.29 is 22.4 Å². The van der Waals surface area contributed by atoms with Crippen LogP contribution < -0.4 is 5.32 Å². The molecular weight excluding hydrogens is 485 g/mol. The minimum Gasteiger partial charge on any atom is -0.355 e. The summed E-state index contributed by atoms with van der Waals surface area (Å²) in [6.45, 7) is 6.32. The van der Waals surface area contributed by atoms with Gasteiger partial charge in [0, 0.05) is 37.4 Å². The lowest BCUT2D eigenvalue weighted by molar-refractivity contribution is -0.131. The van der Waals surface area contributed by atoms with Crippen molar-refractivity contribution in [1.82, 2.24) is 24.5 Å². The molecule has 1 saturated heterocycles. The molecule has 0 spiro atoms. The molecule has 12 heteroatoms. The lowest BCUT2D eigenvalue weighted by atomic mass is 10.0. The first kappa shape index (κ1) is 25.7. The Morgan fingerprint density at radius 1 is 1.18 bits per heavy atom. The molecule has 34 heavy (non-hydrogen) atoms. The number of amides is 2. The van der Waals surface area contributed by atoms with Crippen LogP contribution in [0.5, 0.6) is 0 Å². The zero-order valence-electron chi connectivity index (χ0n) is 19.2. The summed E-state index contributed by atoms with van der Waals surface area (Å²) in [5.74, 6) is -2.34. The third-order valence-corrected chi connectivity index (χ3v) is 7.00. The number of carbonyl (C=O) groups excluding carboxylic acids is 2. The predicted molar refractivity (Wildman–Crippen MR) is 126 cm³/mol. The third kappa shape index (κ3) is 5.43. The number of sulfonamides is 1. The van der Waals surface area contributed by atoms with Gasteiger partial charge < -0.3 is 10.2 Å². The zero-order valence-corrected chi connectivity index (χ0v) is 20.7. The first-order valence-electron chi connectivity index (χ1n) is 10.3. The van der Waals surface area contributed by atoms with Crippen LogP contribution in [0, 0.1) is 6.92 Å². The molecule has 1 fully saturated rings. The molecule has 2 amide bonds. The average molecular weight is 510 g/mol. The van der Waals surface area contributed by atoms with Crippen molar-refractivity contribution in [2.24, 2.45) is 0 Å². The lowest BCUT2D eigenvalue weighted by Crippen LogP contribution is -2.56. The molecule has 0 aromatic carbocycles. The number of aromatic nitrogens is 2. The van der Waals surface area contributed by atoms with Crippen molar-refractivity contribution in [3.8, 4) is 11.4 Å². The topological polar surface area (TPSA) is 113 Å². The molecule has 2 aromatic rings. The minimum atomic E-state index is -3.71. The highest BCUT2D eigenvalue weighted by Crippen LogP contribution is 2.34. The maximum Gasteiger partial charge on any atom is 0.282 e. The van der Waals surface area contributed by atoms with Crippen molar-refractivity contribution in [2.75, 3.05) is 26.4 Å². The van der Waals surface area contributed by atoms with E-state index in [0.29, 0.717) is 28.2 Å². The van der Waals surface area contributed by atoms with Gasteiger partial charge in [-0.3, -0.25) is 14.6 Å². The van der Waals surface area contributed by atoms with E-state index in [1.807, 2.05) is 0 Å². The van der Waals surface area contributed by atoms with E-state index >= 15 is 0 Å². The Kier molecular flexibility index (Phi) is 7.39. The molecule has 9 nitrogen and oxygen atoms in total. The summed E-state index contributed by atoms with van der Waals surface area (Å²) in [5.41, 5.74) is 2.06. The van der Waals surface area contributed by atoms with Gasteiger partial charge in [0.2, 0.25) is 10.0 Å². The minimum absolute atomic E-state index is 0.00589. The van der Waals surface area contributed by atoms with Crippen LogP contribution >= 0.6 is 11.6 Å². The van der Waals surface area contributed by atoms with E-state index < -0.39 is 33.8 Å². The van der Waals surface area contributed by atoms with Gasteiger partial charge >= 0.3 is 0 Å². The Morgan fingerprint density at radius 2 is 1.82 bits per heavy atom. The summed E-state index contributed by atoms with van der Waals surface area (Å²) >= 11 is 6.30. The van der Waals surface area contributed by atoms with Gasteiger partial charge in [-0.1, -0.05) is 18.2 Å². The zero-order chi connectivity index (χ0) is 25.4. The molecule has 2 aromatic heterocycles. The molecule has 0 radical (unpaired) electrons. The number of piperazine rings is 1. The fourth-order valence-corrected chi connectivity index (χ4v) is 5.72. The monoisotopic (exact) mass is 509 g/mol. The Bertz CT molecular complexity index is 1270. The van der Waals surface area contributed by atoms with Crippen molar-refractivity contribution in [2.45, 2.75) is 25.9 Å². The first-order chi connectivity index (χ1) is 15.8. The standard InChI is InChI=1S/C22H25ClFN5O4S/c1-12-6-16(21(30)25-4)8-17(26-12)18-7-15(9-20(23)27-18)19-11-28(22(31)14(3)24)10-13(2)29(19)34(5,32)33/h6-9,13,19H,3,10-11H2,1-2,4-5H3,(H,25,30)/t13-,19-/m0/s1. The normalized spacial score (nSPS) is 19.1. The van der Waals surface area contributed by atoms with E-state index in [9.17, 15) is 22.4 Å². The van der Waals surface area contributed by atoms with Gasteiger partial charge in [0.15, 0.2) is 5.83 Å². The molecule has 182 valence electrons. The van der Waals surface area contributed by atoms with Gasteiger partial charge in [0.25, 0.3) is 11.8 Å². The molecule has 2 atom stereocenters. The van der Waals surface area contributed by atoms with E-state index in [0.717, 1.165) is 6.26 Å². The Hall–Kier alpha value is -2.89. The van der Waals surface area contributed by atoms with Gasteiger partial charge in [0.1, 0.15) is 5.15 Å². The number of nitrogens with zero attached hydrogens (tertiary/aromatic N) is 4. The fourth-order valence-electron chi connectivity index (χ4n) is 4.13. The fraction of sp³-hybridized carbons (Fsp3) is 0.364. The van der Waals surface area contributed by atoms with Crippen LogP contribution in [0.2, 0.25) is 5.15 Å². The number of nitrogens with one attached hydrogen (secondary N) is 1. The molecule has 0 unspecified atom stereocenters. The van der Waals surface area contributed by atoms with Crippen LogP contribution in [0.25, 0.3) is 11.4 Å². The Morgan fingerprint density at radius 3 is 2.41 bits per heavy atom. The number of carbonyl (C=O) groups is 2. The van der Waals surface area contributed by atoms with E-state index in [4.69, 9.17) is 11.6 Å². The van der Waals surface area contributed by atoms with Crippen LogP contribution in [0.15, 0.2) is 36.7 Å². The predicted octanol–water partition coefficient (Wildman–Crippen LogP) is 2.48. The lowest BCUT2D eigenvalue weighted by Gasteiger charge is -2.44. The molecule has 1 N–H and O–H groups in total. The number of hydrogen-bond acceptors (Lipinski definition) is 6. The Labute approximate surface area is 202 Å². The summed E-state index contributed by atoms with van der Waals surface area (Å²) < 4.78 is 40.2. The van der Waals surface area contributed by atoms with Crippen LogP contribution in [-0.4, -0.2) is 71.8 Å². The Balaban J connectivity index is 2.14. The van der Waals surface area contributed by atoms with E-state index in [2.05, 4.69) is 21.9 Å². The molecule has 1 aliphatic heterocycles. The highest BCUT2D eigenvalue weighted by Gasteiger charge is 2.41. The third-order valence-electron chi connectivity index (χ3n) is 5.43. The van der Waals surface area contributed by atoms with Gasteiger partial charge in [-0.05, 0) is 43.7 Å². The maximum absolute atomic E-state index is 13.6. The van der Waals surface area contributed by atoms with Crippen LogP contribution in [0.3, 0.4) is 0 Å². The number of halogens is 2. The van der Waals surface area contributed by atoms with Crippen LogP contribution in [0.4, 0.5) is 4.39 Å². The van der Waals surface area contributed by atoms with Crippen molar-refractivity contribution in [3.05, 3.63) is 58.6 Å². The second-order valence-electron chi connectivity index (χ2n) is 8.14. The number of rotatable bonds is 5. The molecular formula is C22H25ClFN5O4S. The maximum atomic E-state index is 13.6.